The minimum absolute atomic E-state index is 0.147. The van der Waals surface area contributed by atoms with Crippen LogP contribution in [0, 0.1) is 0 Å². The van der Waals surface area contributed by atoms with Gasteiger partial charge in [-0.25, -0.2) is 0 Å². The van der Waals surface area contributed by atoms with E-state index in [0.717, 1.165) is 18.2 Å². The molecule has 20 heavy (non-hydrogen) atoms. The average Bonchev–Trinajstić information content (AvgIpc) is 2.46. The highest BCUT2D eigenvalue weighted by Gasteiger charge is 2.25. The lowest BCUT2D eigenvalue weighted by atomic mass is 9.95. The SMILES string of the molecule is CCC(C)(CCBr)NC(=O)c1cc(OC)ccc1OC. The molecule has 112 valence electrons. The zero-order valence-electron chi connectivity index (χ0n) is 12.5. The van der Waals surface area contributed by atoms with Gasteiger partial charge in [0.2, 0.25) is 0 Å². The number of hydrogen-bond acceptors (Lipinski definition) is 3. The van der Waals surface area contributed by atoms with E-state index in [9.17, 15) is 4.79 Å². The third kappa shape index (κ3) is 4.13. The average molecular weight is 344 g/mol. The van der Waals surface area contributed by atoms with E-state index in [1.54, 1.807) is 32.4 Å². The molecular weight excluding hydrogens is 322 g/mol. The fraction of sp³-hybridized carbons (Fsp3) is 0.533. The van der Waals surface area contributed by atoms with Crippen LogP contribution in [0.5, 0.6) is 11.5 Å². The number of benzene rings is 1. The quantitative estimate of drug-likeness (QED) is 0.772. The van der Waals surface area contributed by atoms with Gasteiger partial charge in [0.1, 0.15) is 11.5 Å². The van der Waals surface area contributed by atoms with Crippen LogP contribution in [-0.4, -0.2) is 31.0 Å². The molecule has 1 rings (SSSR count). The van der Waals surface area contributed by atoms with Crippen molar-refractivity contribution in [3.63, 3.8) is 0 Å². The molecule has 0 aliphatic rings. The molecule has 1 N–H and O–H groups in total. The summed E-state index contributed by atoms with van der Waals surface area (Å²) in [5.41, 5.74) is 0.246. The molecule has 1 aromatic carbocycles. The molecule has 5 heteroatoms. The minimum atomic E-state index is -0.241. The second kappa shape index (κ2) is 7.53. The Balaban J connectivity index is 3.01. The van der Waals surface area contributed by atoms with Crippen LogP contribution < -0.4 is 14.8 Å². The van der Waals surface area contributed by atoms with Crippen molar-refractivity contribution in [2.45, 2.75) is 32.2 Å². The predicted octanol–water partition coefficient (Wildman–Crippen LogP) is 3.39. The minimum Gasteiger partial charge on any atom is -0.497 e. The monoisotopic (exact) mass is 343 g/mol. The third-order valence-electron chi connectivity index (χ3n) is 3.49. The van der Waals surface area contributed by atoms with Gasteiger partial charge in [-0.05, 0) is 38.0 Å². The van der Waals surface area contributed by atoms with Crippen LogP contribution in [0.3, 0.4) is 0 Å². The van der Waals surface area contributed by atoms with E-state index in [1.165, 1.54) is 0 Å². The maximum absolute atomic E-state index is 12.5. The van der Waals surface area contributed by atoms with Gasteiger partial charge in [0.25, 0.3) is 5.91 Å². The summed E-state index contributed by atoms with van der Waals surface area (Å²) in [4.78, 5) is 12.5. The van der Waals surface area contributed by atoms with Crippen molar-refractivity contribution in [2.24, 2.45) is 0 Å². The first-order valence-electron chi connectivity index (χ1n) is 6.60. The van der Waals surface area contributed by atoms with Crippen LogP contribution in [0.1, 0.15) is 37.0 Å². The van der Waals surface area contributed by atoms with Gasteiger partial charge >= 0.3 is 0 Å². The van der Waals surface area contributed by atoms with Gasteiger partial charge < -0.3 is 14.8 Å². The summed E-state index contributed by atoms with van der Waals surface area (Å²) in [6.45, 7) is 4.10. The second-order valence-corrected chi connectivity index (χ2v) is 5.67. The summed E-state index contributed by atoms with van der Waals surface area (Å²) in [6, 6.07) is 5.20. The maximum atomic E-state index is 12.5. The van der Waals surface area contributed by atoms with Crippen LogP contribution in [0.4, 0.5) is 0 Å². The summed E-state index contributed by atoms with van der Waals surface area (Å²) in [5.74, 6) is 1.03. The Labute approximate surface area is 129 Å². The van der Waals surface area contributed by atoms with Crippen molar-refractivity contribution in [1.29, 1.82) is 0 Å². The molecule has 0 fully saturated rings. The number of rotatable bonds is 7. The summed E-state index contributed by atoms with van der Waals surface area (Å²) in [7, 11) is 3.13. The molecule has 4 nitrogen and oxygen atoms in total. The van der Waals surface area contributed by atoms with Crippen molar-refractivity contribution >= 4 is 21.8 Å². The van der Waals surface area contributed by atoms with Gasteiger partial charge in [-0.1, -0.05) is 22.9 Å². The van der Waals surface area contributed by atoms with Crippen molar-refractivity contribution in [1.82, 2.24) is 5.32 Å². The molecule has 0 saturated carbocycles. The smallest absolute Gasteiger partial charge is 0.255 e. The first-order valence-corrected chi connectivity index (χ1v) is 7.72. The number of ether oxygens (including phenoxy) is 2. The van der Waals surface area contributed by atoms with E-state index in [0.29, 0.717) is 17.1 Å². The molecule has 0 radical (unpaired) electrons. The lowest BCUT2D eigenvalue weighted by molar-refractivity contribution is 0.0898. The second-order valence-electron chi connectivity index (χ2n) is 4.87. The standard InChI is InChI=1S/C15H22BrNO3/c1-5-15(2,8-9-16)17-14(18)12-10-11(19-3)6-7-13(12)20-4/h6-7,10H,5,8-9H2,1-4H3,(H,17,18). The predicted molar refractivity (Wildman–Crippen MR) is 84.1 cm³/mol. The third-order valence-corrected chi connectivity index (χ3v) is 3.89. The van der Waals surface area contributed by atoms with Crippen LogP contribution in [0.2, 0.25) is 0 Å². The topological polar surface area (TPSA) is 47.6 Å². The molecule has 1 aromatic rings. The van der Waals surface area contributed by atoms with Crippen molar-refractivity contribution in [2.75, 3.05) is 19.5 Å². The van der Waals surface area contributed by atoms with E-state index in [2.05, 4.69) is 28.2 Å². The van der Waals surface area contributed by atoms with Crippen LogP contribution in [0.15, 0.2) is 18.2 Å². The number of hydrogen-bond donors (Lipinski definition) is 1. The molecule has 0 aliphatic heterocycles. The zero-order chi connectivity index (χ0) is 15.2. The molecule has 0 spiro atoms. The highest BCUT2D eigenvalue weighted by atomic mass is 79.9. The lowest BCUT2D eigenvalue weighted by Gasteiger charge is -2.29. The number of carbonyl (C=O) groups excluding carboxylic acids is 1. The maximum Gasteiger partial charge on any atom is 0.255 e. The van der Waals surface area contributed by atoms with Gasteiger partial charge in [-0.3, -0.25) is 4.79 Å². The summed E-state index contributed by atoms with van der Waals surface area (Å²) >= 11 is 3.43. The molecule has 0 heterocycles. The molecule has 1 amide bonds. The van der Waals surface area contributed by atoms with Gasteiger partial charge in [-0.2, -0.15) is 0 Å². The van der Waals surface area contributed by atoms with E-state index < -0.39 is 0 Å². The lowest BCUT2D eigenvalue weighted by Crippen LogP contribution is -2.45. The Morgan fingerprint density at radius 2 is 2.05 bits per heavy atom. The van der Waals surface area contributed by atoms with Crippen LogP contribution in [0.25, 0.3) is 0 Å². The van der Waals surface area contributed by atoms with E-state index >= 15 is 0 Å². The van der Waals surface area contributed by atoms with Crippen LogP contribution >= 0.6 is 15.9 Å². The highest BCUT2D eigenvalue weighted by Crippen LogP contribution is 2.25. The van der Waals surface area contributed by atoms with Crippen molar-refractivity contribution < 1.29 is 14.3 Å². The molecule has 0 bridgehead atoms. The van der Waals surface area contributed by atoms with Gasteiger partial charge in [0, 0.05) is 10.9 Å². The number of alkyl halides is 1. The number of nitrogens with one attached hydrogen (secondary N) is 1. The van der Waals surface area contributed by atoms with Gasteiger partial charge in [-0.15, -0.1) is 0 Å². The van der Waals surface area contributed by atoms with E-state index in [1.807, 2.05) is 6.92 Å². The molecule has 0 aromatic heterocycles. The first-order chi connectivity index (χ1) is 9.49. The zero-order valence-corrected chi connectivity index (χ0v) is 14.0. The first kappa shape index (κ1) is 16.8. The summed E-state index contributed by atoms with van der Waals surface area (Å²) in [6.07, 6.45) is 1.72. The number of carbonyl (C=O) groups is 1. The summed E-state index contributed by atoms with van der Waals surface area (Å²) in [5, 5.41) is 3.92. The van der Waals surface area contributed by atoms with Gasteiger partial charge in [0.15, 0.2) is 0 Å². The number of methoxy groups -OCH3 is 2. The Hall–Kier alpha value is -1.23. The fourth-order valence-corrected chi connectivity index (χ4v) is 2.74. The molecule has 1 atom stereocenters. The Bertz CT molecular complexity index is 464. The normalized spacial score (nSPS) is 13.4. The molecule has 1 unspecified atom stereocenters. The van der Waals surface area contributed by atoms with Crippen molar-refractivity contribution in [3.8, 4) is 11.5 Å². The number of amides is 1. The largest absolute Gasteiger partial charge is 0.497 e. The van der Waals surface area contributed by atoms with Crippen LogP contribution in [-0.2, 0) is 0 Å². The fourth-order valence-electron chi connectivity index (χ4n) is 1.87. The number of halogens is 1. The Morgan fingerprint density at radius 3 is 2.55 bits per heavy atom. The van der Waals surface area contributed by atoms with Crippen molar-refractivity contribution in [3.05, 3.63) is 23.8 Å². The Morgan fingerprint density at radius 1 is 1.35 bits per heavy atom. The molecular formula is C15H22BrNO3. The molecule has 0 saturated heterocycles. The molecule has 0 aliphatic carbocycles. The van der Waals surface area contributed by atoms with E-state index in [-0.39, 0.29) is 11.4 Å². The summed E-state index contributed by atoms with van der Waals surface area (Å²) < 4.78 is 10.4. The Kier molecular flexibility index (Phi) is 6.33. The van der Waals surface area contributed by atoms with Gasteiger partial charge in [0.05, 0.1) is 19.8 Å². The van der Waals surface area contributed by atoms with E-state index in [4.69, 9.17) is 9.47 Å². The highest BCUT2D eigenvalue weighted by molar-refractivity contribution is 9.09.